The summed E-state index contributed by atoms with van der Waals surface area (Å²) in [5.41, 5.74) is 2.41. The molecule has 68 valence electrons. The van der Waals surface area contributed by atoms with E-state index in [0.717, 1.165) is 23.4 Å². The Morgan fingerprint density at radius 1 is 1.15 bits per heavy atom. The molecule has 13 heavy (non-hydrogen) atoms. The van der Waals surface area contributed by atoms with E-state index in [2.05, 4.69) is 0 Å². The second kappa shape index (κ2) is 3.51. The molecule has 0 heterocycles. The first-order valence-corrected chi connectivity index (χ1v) is 4.92. The molecule has 0 spiro atoms. The van der Waals surface area contributed by atoms with E-state index >= 15 is 0 Å². The van der Waals surface area contributed by atoms with Gasteiger partial charge in [-0.15, -0.1) is 0 Å². The van der Waals surface area contributed by atoms with Gasteiger partial charge in [0, 0.05) is 17.9 Å². The molecule has 1 aromatic rings. The third-order valence-electron chi connectivity index (χ3n) is 2.46. The lowest BCUT2D eigenvalue weighted by molar-refractivity contribution is -0.118. The lowest BCUT2D eigenvalue weighted by atomic mass is 10.0. The predicted molar refractivity (Wildman–Crippen MR) is 53.1 cm³/mol. The first kappa shape index (κ1) is 8.76. The summed E-state index contributed by atoms with van der Waals surface area (Å²) in [5.74, 6) is 0.348. The summed E-state index contributed by atoms with van der Waals surface area (Å²) in [6.07, 6.45) is 3.26. The van der Waals surface area contributed by atoms with Gasteiger partial charge in [-0.3, -0.25) is 4.79 Å². The van der Waals surface area contributed by atoms with Crippen LogP contribution in [0.15, 0.2) is 18.2 Å². The van der Waals surface area contributed by atoms with Gasteiger partial charge in [-0.1, -0.05) is 17.7 Å². The van der Waals surface area contributed by atoms with E-state index in [0.29, 0.717) is 18.6 Å². The zero-order valence-electron chi connectivity index (χ0n) is 7.35. The van der Waals surface area contributed by atoms with Gasteiger partial charge < -0.3 is 0 Å². The molecule has 0 saturated heterocycles. The van der Waals surface area contributed by atoms with Crippen LogP contribution in [0.5, 0.6) is 0 Å². The number of carbonyl (C=O) groups excluding carboxylic acids is 1. The van der Waals surface area contributed by atoms with Crippen molar-refractivity contribution in [1.29, 1.82) is 0 Å². The fourth-order valence-electron chi connectivity index (χ4n) is 1.78. The van der Waals surface area contributed by atoms with Crippen molar-refractivity contribution >= 4 is 17.4 Å². The molecule has 0 amide bonds. The van der Waals surface area contributed by atoms with Crippen LogP contribution < -0.4 is 0 Å². The van der Waals surface area contributed by atoms with Crippen molar-refractivity contribution in [2.24, 2.45) is 0 Å². The number of halogens is 1. The van der Waals surface area contributed by atoms with E-state index in [1.165, 1.54) is 5.56 Å². The second-order valence-corrected chi connectivity index (χ2v) is 3.92. The molecule has 1 aromatic carbocycles. The summed E-state index contributed by atoms with van der Waals surface area (Å²) in [7, 11) is 0. The summed E-state index contributed by atoms with van der Waals surface area (Å²) in [6, 6.07) is 5.81. The predicted octanol–water partition coefficient (Wildman–Crippen LogP) is 2.79. The monoisotopic (exact) mass is 194 g/mol. The number of fused-ring (bicyclic) bond motifs is 1. The summed E-state index contributed by atoms with van der Waals surface area (Å²) >= 11 is 5.88. The third kappa shape index (κ3) is 1.92. The molecule has 0 atom stereocenters. The largest absolute Gasteiger partial charge is 0.299 e. The van der Waals surface area contributed by atoms with Gasteiger partial charge in [0.05, 0.1) is 0 Å². The Kier molecular flexibility index (Phi) is 2.36. The first-order chi connectivity index (χ1) is 6.25. The van der Waals surface area contributed by atoms with Gasteiger partial charge >= 0.3 is 0 Å². The highest BCUT2D eigenvalue weighted by atomic mass is 35.5. The zero-order valence-corrected chi connectivity index (χ0v) is 8.10. The number of benzene rings is 1. The molecule has 1 aliphatic rings. The molecule has 0 aliphatic heterocycles. The summed E-state index contributed by atoms with van der Waals surface area (Å²) in [4.78, 5) is 11.3. The van der Waals surface area contributed by atoms with E-state index in [1.807, 2.05) is 18.2 Å². The maximum Gasteiger partial charge on any atom is 0.137 e. The Morgan fingerprint density at radius 3 is 2.85 bits per heavy atom. The number of aryl methyl sites for hydroxylation is 1. The Hall–Kier alpha value is -0.820. The smallest absolute Gasteiger partial charge is 0.137 e. The van der Waals surface area contributed by atoms with Crippen molar-refractivity contribution in [3.8, 4) is 0 Å². The van der Waals surface area contributed by atoms with Gasteiger partial charge in [0.15, 0.2) is 0 Å². The fraction of sp³-hybridized carbons (Fsp3) is 0.364. The van der Waals surface area contributed by atoms with Gasteiger partial charge in [-0.25, -0.2) is 0 Å². The van der Waals surface area contributed by atoms with Crippen molar-refractivity contribution in [2.45, 2.75) is 25.7 Å². The molecule has 0 bridgehead atoms. The zero-order chi connectivity index (χ0) is 9.26. The minimum atomic E-state index is 0.348. The van der Waals surface area contributed by atoms with Crippen LogP contribution in [0.1, 0.15) is 24.0 Å². The second-order valence-electron chi connectivity index (χ2n) is 3.48. The molecule has 1 aliphatic carbocycles. The molecule has 0 unspecified atom stereocenters. The average Bonchev–Trinajstić information content (AvgIpc) is 2.25. The number of hydrogen-bond acceptors (Lipinski definition) is 1. The quantitative estimate of drug-likeness (QED) is 0.581. The minimum Gasteiger partial charge on any atom is -0.299 e. The number of Topliss-reactive ketones (excluding diaryl/α,β-unsaturated/α-hetero) is 1. The van der Waals surface area contributed by atoms with Crippen molar-refractivity contribution in [3.63, 3.8) is 0 Å². The molecule has 0 radical (unpaired) electrons. The van der Waals surface area contributed by atoms with E-state index < -0.39 is 0 Å². The first-order valence-electron chi connectivity index (χ1n) is 4.55. The molecule has 2 rings (SSSR count). The van der Waals surface area contributed by atoms with Crippen LogP contribution in [0.25, 0.3) is 0 Å². The van der Waals surface area contributed by atoms with E-state index in [-0.39, 0.29) is 0 Å². The lowest BCUT2D eigenvalue weighted by Crippen LogP contribution is -1.99. The van der Waals surface area contributed by atoms with Crippen molar-refractivity contribution in [2.75, 3.05) is 0 Å². The molecule has 0 aromatic heterocycles. The third-order valence-corrected chi connectivity index (χ3v) is 2.69. The van der Waals surface area contributed by atoms with Crippen molar-refractivity contribution in [3.05, 3.63) is 34.3 Å². The van der Waals surface area contributed by atoms with Crippen LogP contribution in [-0.4, -0.2) is 5.78 Å². The van der Waals surface area contributed by atoms with Gasteiger partial charge in [0.1, 0.15) is 5.78 Å². The Morgan fingerprint density at radius 2 is 2.00 bits per heavy atom. The Bertz CT molecular complexity index is 344. The maximum atomic E-state index is 11.3. The number of hydrogen-bond donors (Lipinski definition) is 0. The molecular formula is C11H11ClO. The lowest BCUT2D eigenvalue weighted by Gasteiger charge is -2.03. The maximum absolute atomic E-state index is 11.3. The Labute approximate surface area is 82.7 Å². The van der Waals surface area contributed by atoms with Gasteiger partial charge in [-0.05, 0) is 36.1 Å². The molecule has 0 N–H and O–H groups in total. The molecule has 2 heteroatoms. The topological polar surface area (TPSA) is 17.1 Å². The van der Waals surface area contributed by atoms with Crippen LogP contribution in [0, 0.1) is 0 Å². The number of carbonyl (C=O) groups is 1. The highest BCUT2D eigenvalue weighted by Gasteiger charge is 2.13. The number of rotatable bonds is 0. The summed E-state index contributed by atoms with van der Waals surface area (Å²) in [5, 5.41) is 0.771. The van der Waals surface area contributed by atoms with Crippen LogP contribution in [-0.2, 0) is 17.6 Å². The van der Waals surface area contributed by atoms with E-state index in [4.69, 9.17) is 11.6 Å². The molecule has 0 saturated carbocycles. The normalized spacial score (nSPS) is 16.5. The summed E-state index contributed by atoms with van der Waals surface area (Å²) in [6.45, 7) is 0. The molecule has 1 nitrogen and oxygen atoms in total. The van der Waals surface area contributed by atoms with Crippen molar-refractivity contribution in [1.82, 2.24) is 0 Å². The van der Waals surface area contributed by atoms with Gasteiger partial charge in [0.2, 0.25) is 0 Å². The van der Waals surface area contributed by atoms with Gasteiger partial charge in [-0.2, -0.15) is 0 Å². The number of ketones is 1. The molecular weight excluding hydrogens is 184 g/mol. The van der Waals surface area contributed by atoms with Crippen molar-refractivity contribution < 1.29 is 4.79 Å². The minimum absolute atomic E-state index is 0.348. The standard InChI is InChI=1S/C11H11ClO/c12-10-5-4-9-7-11(13)3-1-2-8(9)6-10/h4-6H,1-3,7H2. The average molecular weight is 195 g/mol. The van der Waals surface area contributed by atoms with Crippen LogP contribution in [0.2, 0.25) is 5.02 Å². The van der Waals surface area contributed by atoms with Gasteiger partial charge in [0.25, 0.3) is 0 Å². The van der Waals surface area contributed by atoms with Crippen LogP contribution in [0.3, 0.4) is 0 Å². The van der Waals surface area contributed by atoms with E-state index in [1.54, 1.807) is 0 Å². The molecule has 0 fully saturated rings. The Balaban J connectivity index is 2.40. The van der Waals surface area contributed by atoms with Crippen LogP contribution in [0.4, 0.5) is 0 Å². The SMILES string of the molecule is O=C1CCCc2cc(Cl)ccc2C1. The summed E-state index contributed by atoms with van der Waals surface area (Å²) < 4.78 is 0. The van der Waals surface area contributed by atoms with E-state index in [9.17, 15) is 4.79 Å². The van der Waals surface area contributed by atoms with Crippen LogP contribution >= 0.6 is 11.6 Å². The fourth-order valence-corrected chi connectivity index (χ4v) is 1.97. The highest BCUT2D eigenvalue weighted by molar-refractivity contribution is 6.30. The highest BCUT2D eigenvalue weighted by Crippen LogP contribution is 2.22.